The number of halogens is 1. The Morgan fingerprint density at radius 3 is 2.94 bits per heavy atom. The Kier molecular flexibility index (Phi) is 6.67. The predicted molar refractivity (Wildman–Crippen MR) is 129 cm³/mol. The molecule has 0 bridgehead atoms. The highest BCUT2D eigenvalue weighted by atomic mass is 35.5. The average Bonchev–Trinajstić information content (AvgIpc) is 3.03. The van der Waals surface area contributed by atoms with Crippen LogP contribution in [0, 0.1) is 0 Å². The Labute approximate surface area is 199 Å². The van der Waals surface area contributed by atoms with Gasteiger partial charge in [-0.3, -0.25) is 14.4 Å². The highest BCUT2D eigenvalue weighted by molar-refractivity contribution is 7.99. The highest BCUT2D eigenvalue weighted by Crippen LogP contribution is 2.32. The number of rotatable bonds is 4. The summed E-state index contributed by atoms with van der Waals surface area (Å²) in [4.78, 5) is 17.9. The SMILES string of the molecule is CCCn1nc(C(=O)N2CCSCC2)c2c1CCC(N1CCOc3ccc(Cl)cc3C1)C2. The topological polar surface area (TPSA) is 50.6 Å². The van der Waals surface area contributed by atoms with Crippen LogP contribution in [0.15, 0.2) is 18.2 Å². The Hall–Kier alpha value is -1.70. The molecule has 1 fully saturated rings. The molecule has 1 aromatic carbocycles. The Bertz CT molecular complexity index is 989. The molecule has 0 radical (unpaired) electrons. The molecule has 0 saturated carbocycles. The third-order valence-corrected chi connectivity index (χ3v) is 7.98. The summed E-state index contributed by atoms with van der Waals surface area (Å²) in [5.74, 6) is 3.08. The number of ether oxygens (including phenoxy) is 1. The molecule has 172 valence electrons. The van der Waals surface area contributed by atoms with Gasteiger partial charge in [0.2, 0.25) is 0 Å². The second-order valence-electron chi connectivity index (χ2n) is 8.87. The van der Waals surface area contributed by atoms with Gasteiger partial charge in [-0.15, -0.1) is 0 Å². The van der Waals surface area contributed by atoms with Gasteiger partial charge in [-0.1, -0.05) is 18.5 Å². The van der Waals surface area contributed by atoms with Gasteiger partial charge in [-0.25, -0.2) is 0 Å². The molecule has 2 aliphatic heterocycles. The number of amides is 1. The predicted octanol–water partition coefficient (Wildman–Crippen LogP) is 3.89. The number of nitrogens with zero attached hydrogens (tertiary/aromatic N) is 4. The minimum atomic E-state index is 0.119. The zero-order valence-corrected chi connectivity index (χ0v) is 20.3. The molecule has 1 aliphatic carbocycles. The summed E-state index contributed by atoms with van der Waals surface area (Å²) in [5, 5.41) is 5.60. The lowest BCUT2D eigenvalue weighted by molar-refractivity contribution is 0.0763. The van der Waals surface area contributed by atoms with E-state index in [2.05, 4.69) is 16.5 Å². The molecule has 5 rings (SSSR count). The zero-order chi connectivity index (χ0) is 22.1. The molecule has 32 heavy (non-hydrogen) atoms. The number of benzene rings is 1. The smallest absolute Gasteiger partial charge is 0.274 e. The standard InChI is InChI=1S/C24H31ClN4O2S/c1-2-7-29-21-5-4-19(28-8-11-31-22-6-3-18(25)14-17(22)16-28)15-20(21)23(26-29)24(30)27-9-12-32-13-10-27/h3,6,14,19H,2,4-5,7-13,15-16H2,1H3. The van der Waals surface area contributed by atoms with Gasteiger partial charge < -0.3 is 9.64 Å². The van der Waals surface area contributed by atoms with Gasteiger partial charge >= 0.3 is 0 Å². The van der Waals surface area contributed by atoms with Gasteiger partial charge in [0.05, 0.1) is 0 Å². The van der Waals surface area contributed by atoms with Crippen LogP contribution in [0.1, 0.15) is 47.1 Å². The molecule has 6 nitrogen and oxygen atoms in total. The van der Waals surface area contributed by atoms with E-state index >= 15 is 0 Å². The van der Waals surface area contributed by atoms with Crippen LogP contribution in [-0.2, 0) is 25.9 Å². The van der Waals surface area contributed by atoms with E-state index in [9.17, 15) is 4.79 Å². The molecule has 1 aromatic heterocycles. The average molecular weight is 475 g/mol. The van der Waals surface area contributed by atoms with Crippen LogP contribution in [0.3, 0.4) is 0 Å². The molecule has 1 amide bonds. The van der Waals surface area contributed by atoms with Gasteiger partial charge in [0, 0.05) is 72.1 Å². The van der Waals surface area contributed by atoms with Crippen molar-refractivity contribution in [3.05, 3.63) is 45.7 Å². The van der Waals surface area contributed by atoms with Gasteiger partial charge in [0.1, 0.15) is 12.4 Å². The van der Waals surface area contributed by atoms with Crippen molar-refractivity contribution in [3.63, 3.8) is 0 Å². The van der Waals surface area contributed by atoms with E-state index in [0.29, 0.717) is 18.3 Å². The van der Waals surface area contributed by atoms with Crippen molar-refractivity contribution < 1.29 is 9.53 Å². The molecule has 8 heteroatoms. The summed E-state index contributed by atoms with van der Waals surface area (Å²) < 4.78 is 8.10. The number of thioether (sulfide) groups is 1. The summed E-state index contributed by atoms with van der Waals surface area (Å²) in [6, 6.07) is 6.26. The lowest BCUT2D eigenvalue weighted by atomic mass is 9.89. The molecule has 1 unspecified atom stereocenters. The molecule has 3 aliphatic rings. The van der Waals surface area contributed by atoms with Crippen molar-refractivity contribution in [2.45, 2.75) is 51.7 Å². The van der Waals surface area contributed by atoms with Gasteiger partial charge in [-0.2, -0.15) is 16.9 Å². The monoisotopic (exact) mass is 474 g/mol. The largest absolute Gasteiger partial charge is 0.492 e. The fraction of sp³-hybridized carbons (Fsp3) is 0.583. The summed E-state index contributed by atoms with van der Waals surface area (Å²) in [6.45, 7) is 7.06. The lowest BCUT2D eigenvalue weighted by Gasteiger charge is -2.34. The van der Waals surface area contributed by atoms with E-state index in [1.807, 2.05) is 34.9 Å². The van der Waals surface area contributed by atoms with Crippen LogP contribution in [0.5, 0.6) is 5.75 Å². The molecule has 1 saturated heterocycles. The summed E-state index contributed by atoms with van der Waals surface area (Å²) in [6.07, 6.45) is 3.94. The van der Waals surface area contributed by atoms with E-state index in [4.69, 9.17) is 21.4 Å². The lowest BCUT2D eigenvalue weighted by Crippen LogP contribution is -2.41. The zero-order valence-electron chi connectivity index (χ0n) is 18.7. The van der Waals surface area contributed by atoms with Crippen molar-refractivity contribution in [1.82, 2.24) is 19.6 Å². The molecular weight excluding hydrogens is 444 g/mol. The molecule has 2 aromatic rings. The fourth-order valence-electron chi connectivity index (χ4n) is 5.16. The van der Waals surface area contributed by atoms with Crippen molar-refractivity contribution >= 4 is 29.3 Å². The summed E-state index contributed by atoms with van der Waals surface area (Å²) >= 11 is 8.19. The quantitative estimate of drug-likeness (QED) is 0.673. The summed E-state index contributed by atoms with van der Waals surface area (Å²) in [5.41, 5.74) is 4.28. The van der Waals surface area contributed by atoms with Crippen LogP contribution in [0.2, 0.25) is 5.02 Å². The van der Waals surface area contributed by atoms with Crippen molar-refractivity contribution in [3.8, 4) is 5.75 Å². The first-order valence-corrected chi connectivity index (χ1v) is 13.3. The number of carbonyl (C=O) groups is 1. The van der Waals surface area contributed by atoms with Crippen LogP contribution in [0.25, 0.3) is 0 Å². The van der Waals surface area contributed by atoms with Gasteiger partial charge in [0.15, 0.2) is 5.69 Å². The minimum absolute atomic E-state index is 0.119. The third kappa shape index (κ3) is 4.39. The number of carbonyl (C=O) groups excluding carboxylic acids is 1. The van der Waals surface area contributed by atoms with Crippen LogP contribution >= 0.6 is 23.4 Å². The Morgan fingerprint density at radius 2 is 2.12 bits per heavy atom. The number of hydrogen-bond donors (Lipinski definition) is 0. The second-order valence-corrected chi connectivity index (χ2v) is 10.5. The number of aryl methyl sites for hydroxylation is 1. The van der Waals surface area contributed by atoms with E-state index in [0.717, 1.165) is 86.2 Å². The Balaban J connectivity index is 1.41. The second kappa shape index (κ2) is 9.65. The van der Waals surface area contributed by atoms with Crippen LogP contribution in [0.4, 0.5) is 0 Å². The molecule has 0 spiro atoms. The fourth-order valence-corrected chi connectivity index (χ4v) is 6.26. The van der Waals surface area contributed by atoms with Crippen molar-refractivity contribution in [2.75, 3.05) is 37.7 Å². The number of fused-ring (bicyclic) bond motifs is 2. The molecule has 0 N–H and O–H groups in total. The van der Waals surface area contributed by atoms with Crippen molar-refractivity contribution in [1.29, 1.82) is 0 Å². The maximum absolute atomic E-state index is 13.4. The van der Waals surface area contributed by atoms with Crippen LogP contribution in [-0.4, -0.2) is 69.3 Å². The van der Waals surface area contributed by atoms with E-state index in [-0.39, 0.29) is 5.91 Å². The first-order chi connectivity index (χ1) is 15.6. The first-order valence-electron chi connectivity index (χ1n) is 11.7. The Morgan fingerprint density at radius 1 is 1.28 bits per heavy atom. The van der Waals surface area contributed by atoms with E-state index in [1.165, 1.54) is 11.3 Å². The molecule has 1 atom stereocenters. The molecular formula is C24H31ClN4O2S. The van der Waals surface area contributed by atoms with E-state index < -0.39 is 0 Å². The van der Waals surface area contributed by atoms with Crippen molar-refractivity contribution in [2.24, 2.45) is 0 Å². The maximum Gasteiger partial charge on any atom is 0.274 e. The number of aromatic nitrogens is 2. The number of hydrogen-bond acceptors (Lipinski definition) is 5. The minimum Gasteiger partial charge on any atom is -0.492 e. The molecule has 3 heterocycles. The normalized spacial score (nSPS) is 21.4. The van der Waals surface area contributed by atoms with Gasteiger partial charge in [0.25, 0.3) is 5.91 Å². The highest BCUT2D eigenvalue weighted by Gasteiger charge is 2.34. The van der Waals surface area contributed by atoms with Gasteiger partial charge in [-0.05, 0) is 43.9 Å². The third-order valence-electron chi connectivity index (χ3n) is 6.81. The first kappa shape index (κ1) is 22.1. The summed E-state index contributed by atoms with van der Waals surface area (Å²) in [7, 11) is 0. The van der Waals surface area contributed by atoms with Crippen LogP contribution < -0.4 is 4.74 Å². The maximum atomic E-state index is 13.4. The van der Waals surface area contributed by atoms with E-state index in [1.54, 1.807) is 0 Å².